The first-order valence-corrected chi connectivity index (χ1v) is 8.22. The van der Waals surface area contributed by atoms with Crippen molar-refractivity contribution in [1.82, 2.24) is 5.32 Å². The highest BCUT2D eigenvalue weighted by molar-refractivity contribution is 6.32. The van der Waals surface area contributed by atoms with E-state index in [1.807, 2.05) is 6.07 Å². The number of nitrogens with one attached hydrogen (secondary N) is 1. The van der Waals surface area contributed by atoms with Crippen LogP contribution in [0.15, 0.2) is 18.2 Å². The van der Waals surface area contributed by atoms with E-state index in [0.717, 1.165) is 17.7 Å². The summed E-state index contributed by atoms with van der Waals surface area (Å²) in [5, 5.41) is 4.42. The topological polar surface area (TPSA) is 21.3 Å². The van der Waals surface area contributed by atoms with Gasteiger partial charge in [0.25, 0.3) is 0 Å². The normalized spacial score (nSPS) is 26.5. The molecule has 2 saturated carbocycles. The van der Waals surface area contributed by atoms with Crippen molar-refractivity contribution in [3.8, 4) is 5.75 Å². The number of ether oxygens (including phenoxy) is 1. The maximum absolute atomic E-state index is 6.15. The van der Waals surface area contributed by atoms with Gasteiger partial charge in [-0.25, -0.2) is 0 Å². The van der Waals surface area contributed by atoms with Gasteiger partial charge in [0.05, 0.1) is 12.1 Å². The molecule has 2 aliphatic carbocycles. The van der Waals surface area contributed by atoms with Crippen LogP contribution in [0.1, 0.15) is 50.0 Å². The number of benzene rings is 1. The van der Waals surface area contributed by atoms with Crippen LogP contribution in [0.3, 0.4) is 0 Å². The lowest BCUT2D eigenvalue weighted by Crippen LogP contribution is -2.30. The molecule has 3 heteroatoms. The molecule has 2 nitrogen and oxygen atoms in total. The molecular weight excluding hydrogens is 270 g/mol. The average molecular weight is 294 g/mol. The molecule has 3 rings (SSSR count). The van der Waals surface area contributed by atoms with Crippen molar-refractivity contribution in [1.29, 1.82) is 0 Å². The molecule has 0 amide bonds. The summed E-state index contributed by atoms with van der Waals surface area (Å²) in [6, 6.07) is 7.11. The van der Waals surface area contributed by atoms with Crippen LogP contribution in [0.4, 0.5) is 0 Å². The molecule has 1 N–H and O–H groups in total. The Bertz CT molecular complexity index is 458. The third kappa shape index (κ3) is 3.29. The molecule has 0 heterocycles. The number of halogens is 1. The Hall–Kier alpha value is -0.730. The van der Waals surface area contributed by atoms with Crippen LogP contribution in [0.25, 0.3) is 0 Å². The Morgan fingerprint density at radius 3 is 2.75 bits per heavy atom. The first kappa shape index (κ1) is 14.2. The number of hydrogen-bond acceptors (Lipinski definition) is 2. The van der Waals surface area contributed by atoms with Gasteiger partial charge in [-0.05, 0) is 61.8 Å². The second-order valence-corrected chi connectivity index (χ2v) is 6.63. The Morgan fingerprint density at radius 2 is 2.00 bits per heavy atom. The number of hydrogen-bond donors (Lipinski definition) is 1. The van der Waals surface area contributed by atoms with Crippen LogP contribution in [-0.2, 0) is 0 Å². The predicted octanol–water partition coefficient (Wildman–Crippen LogP) is 4.37. The Morgan fingerprint density at radius 1 is 1.20 bits per heavy atom. The summed E-state index contributed by atoms with van der Waals surface area (Å²) in [6.45, 7) is 1.17. The van der Waals surface area contributed by atoms with E-state index in [1.54, 1.807) is 7.11 Å². The van der Waals surface area contributed by atoms with Gasteiger partial charge in [-0.3, -0.25) is 0 Å². The third-order valence-corrected chi connectivity index (χ3v) is 5.07. The molecular formula is C17H24ClNO. The van der Waals surface area contributed by atoms with Crippen LogP contribution in [0.5, 0.6) is 5.75 Å². The van der Waals surface area contributed by atoms with Crippen molar-refractivity contribution in [2.75, 3.05) is 13.7 Å². The van der Waals surface area contributed by atoms with Gasteiger partial charge in [-0.2, -0.15) is 0 Å². The fraction of sp³-hybridized carbons (Fsp3) is 0.647. The SMILES string of the molecule is COc1cc(C2CCCCC2CNC2CC2)ccc1Cl. The minimum absolute atomic E-state index is 0.654. The molecule has 110 valence electrons. The molecule has 0 bridgehead atoms. The Balaban J connectivity index is 1.73. The molecule has 2 aliphatic rings. The third-order valence-electron chi connectivity index (χ3n) is 4.76. The summed E-state index contributed by atoms with van der Waals surface area (Å²) in [5.74, 6) is 2.22. The fourth-order valence-electron chi connectivity index (χ4n) is 3.40. The van der Waals surface area contributed by atoms with Crippen LogP contribution >= 0.6 is 11.6 Å². The van der Waals surface area contributed by atoms with Gasteiger partial charge in [-0.15, -0.1) is 0 Å². The highest BCUT2D eigenvalue weighted by Crippen LogP contribution is 2.40. The van der Waals surface area contributed by atoms with Crippen molar-refractivity contribution in [3.63, 3.8) is 0 Å². The molecule has 1 aromatic carbocycles. The van der Waals surface area contributed by atoms with Crippen molar-refractivity contribution < 1.29 is 4.74 Å². The zero-order valence-corrected chi connectivity index (χ0v) is 13.0. The van der Waals surface area contributed by atoms with Gasteiger partial charge >= 0.3 is 0 Å². The molecule has 0 saturated heterocycles. The van der Waals surface area contributed by atoms with E-state index < -0.39 is 0 Å². The summed E-state index contributed by atoms with van der Waals surface area (Å²) < 4.78 is 5.37. The van der Waals surface area contributed by atoms with Crippen molar-refractivity contribution in [2.45, 2.75) is 50.5 Å². The predicted molar refractivity (Wildman–Crippen MR) is 83.7 cm³/mol. The van der Waals surface area contributed by atoms with E-state index in [1.165, 1.54) is 50.6 Å². The summed E-state index contributed by atoms with van der Waals surface area (Å²) in [6.07, 6.45) is 8.09. The minimum atomic E-state index is 0.654. The van der Waals surface area contributed by atoms with Crippen molar-refractivity contribution >= 4 is 11.6 Å². The Kier molecular flexibility index (Phi) is 4.52. The summed E-state index contributed by atoms with van der Waals surface area (Å²) in [7, 11) is 1.69. The highest BCUT2D eigenvalue weighted by Gasteiger charge is 2.29. The monoisotopic (exact) mass is 293 g/mol. The van der Waals surface area contributed by atoms with Crippen LogP contribution in [0.2, 0.25) is 5.02 Å². The summed E-state index contributed by atoms with van der Waals surface area (Å²) >= 11 is 6.15. The standard InChI is InChI=1S/C17H24ClNO/c1-20-17-10-12(6-9-16(17)18)15-5-3-2-4-13(15)11-19-14-7-8-14/h6,9-10,13-15,19H,2-5,7-8,11H2,1H3. The van der Waals surface area contributed by atoms with Gasteiger partial charge in [-0.1, -0.05) is 30.5 Å². The van der Waals surface area contributed by atoms with E-state index in [-0.39, 0.29) is 0 Å². The second kappa shape index (κ2) is 6.36. The number of methoxy groups -OCH3 is 1. The quantitative estimate of drug-likeness (QED) is 0.870. The first-order valence-electron chi connectivity index (χ1n) is 7.84. The zero-order chi connectivity index (χ0) is 13.9. The highest BCUT2D eigenvalue weighted by atomic mass is 35.5. The average Bonchev–Trinajstić information content (AvgIpc) is 3.30. The second-order valence-electron chi connectivity index (χ2n) is 6.23. The molecule has 0 radical (unpaired) electrons. The van der Waals surface area contributed by atoms with Gasteiger partial charge in [0, 0.05) is 6.04 Å². The lowest BCUT2D eigenvalue weighted by molar-refractivity contribution is 0.294. The maximum atomic E-state index is 6.15. The number of rotatable bonds is 5. The van der Waals surface area contributed by atoms with Gasteiger partial charge in [0.1, 0.15) is 5.75 Å². The van der Waals surface area contributed by atoms with Gasteiger partial charge < -0.3 is 10.1 Å². The minimum Gasteiger partial charge on any atom is -0.495 e. The molecule has 2 unspecified atom stereocenters. The van der Waals surface area contributed by atoms with Crippen LogP contribution in [-0.4, -0.2) is 19.7 Å². The Labute approximate surface area is 126 Å². The lowest BCUT2D eigenvalue weighted by Gasteiger charge is -2.32. The van der Waals surface area contributed by atoms with Crippen LogP contribution in [0, 0.1) is 5.92 Å². The van der Waals surface area contributed by atoms with E-state index in [0.29, 0.717) is 10.9 Å². The van der Waals surface area contributed by atoms with Gasteiger partial charge in [0.15, 0.2) is 0 Å². The molecule has 0 spiro atoms. The molecule has 2 atom stereocenters. The smallest absolute Gasteiger partial charge is 0.137 e. The van der Waals surface area contributed by atoms with E-state index in [2.05, 4.69) is 17.4 Å². The van der Waals surface area contributed by atoms with E-state index in [9.17, 15) is 0 Å². The largest absolute Gasteiger partial charge is 0.495 e. The van der Waals surface area contributed by atoms with Crippen molar-refractivity contribution in [2.24, 2.45) is 5.92 Å². The summed E-state index contributed by atoms with van der Waals surface area (Å²) in [5.41, 5.74) is 1.40. The molecule has 0 aliphatic heterocycles. The molecule has 2 fully saturated rings. The van der Waals surface area contributed by atoms with Crippen molar-refractivity contribution in [3.05, 3.63) is 28.8 Å². The molecule has 0 aromatic heterocycles. The van der Waals surface area contributed by atoms with Crippen LogP contribution < -0.4 is 10.1 Å². The fourth-order valence-corrected chi connectivity index (χ4v) is 3.60. The van der Waals surface area contributed by atoms with Gasteiger partial charge in [0.2, 0.25) is 0 Å². The maximum Gasteiger partial charge on any atom is 0.137 e. The molecule has 1 aromatic rings. The van der Waals surface area contributed by atoms with E-state index >= 15 is 0 Å². The lowest BCUT2D eigenvalue weighted by atomic mass is 9.75. The molecule has 20 heavy (non-hydrogen) atoms. The first-order chi connectivity index (χ1) is 9.78. The van der Waals surface area contributed by atoms with E-state index in [4.69, 9.17) is 16.3 Å². The zero-order valence-electron chi connectivity index (χ0n) is 12.2. The summed E-state index contributed by atoms with van der Waals surface area (Å²) in [4.78, 5) is 0.